The van der Waals surface area contributed by atoms with Crippen molar-refractivity contribution in [2.45, 2.75) is 31.7 Å². The van der Waals surface area contributed by atoms with Gasteiger partial charge < -0.3 is 5.73 Å². The minimum atomic E-state index is -3.39. The van der Waals surface area contributed by atoms with Gasteiger partial charge in [0.2, 0.25) is 10.0 Å². The van der Waals surface area contributed by atoms with Crippen LogP contribution in [0.1, 0.15) is 31.2 Å². The van der Waals surface area contributed by atoms with Crippen molar-refractivity contribution in [3.05, 3.63) is 35.9 Å². The maximum Gasteiger partial charge on any atom is 0.215 e. The van der Waals surface area contributed by atoms with Gasteiger partial charge in [-0.25, -0.2) is 8.42 Å². The molecule has 1 aromatic rings. The minimum Gasteiger partial charge on any atom is -0.386 e. The second-order valence-electron chi connectivity index (χ2n) is 5.31. The molecule has 0 aliphatic carbocycles. The molecule has 2 atom stereocenters. The molecule has 1 fully saturated rings. The summed E-state index contributed by atoms with van der Waals surface area (Å²) in [4.78, 5) is 0. The lowest BCUT2D eigenvalue weighted by molar-refractivity contribution is 0.440. The van der Waals surface area contributed by atoms with Crippen LogP contribution in [-0.2, 0) is 10.0 Å². The summed E-state index contributed by atoms with van der Waals surface area (Å²) in [6, 6.07) is 9.15. The van der Waals surface area contributed by atoms with Crippen molar-refractivity contribution in [2.75, 3.05) is 12.3 Å². The van der Waals surface area contributed by atoms with E-state index in [2.05, 4.69) is 0 Å². The molecule has 6 heteroatoms. The molecule has 1 heterocycles. The number of hydrogen-bond donors (Lipinski definition) is 2. The molecule has 5 nitrogen and oxygen atoms in total. The SMILES string of the molecule is CC(CS(=O)(=O)N1CCCC1C(=N)N)c1ccccc1. The van der Waals surface area contributed by atoms with Gasteiger partial charge in [-0.3, -0.25) is 5.41 Å². The number of sulfonamides is 1. The van der Waals surface area contributed by atoms with Crippen LogP contribution in [0.4, 0.5) is 0 Å². The van der Waals surface area contributed by atoms with Crippen LogP contribution >= 0.6 is 0 Å². The molecule has 1 aliphatic heterocycles. The van der Waals surface area contributed by atoms with Crippen LogP contribution in [0.25, 0.3) is 0 Å². The standard InChI is InChI=1S/C14H21N3O2S/c1-11(12-6-3-2-4-7-12)10-20(18,19)17-9-5-8-13(17)14(15)16/h2-4,6-7,11,13H,5,8-10H2,1H3,(H3,15,16). The molecule has 3 N–H and O–H groups in total. The lowest BCUT2D eigenvalue weighted by atomic mass is 10.0. The fourth-order valence-electron chi connectivity index (χ4n) is 2.67. The average molecular weight is 295 g/mol. The van der Waals surface area contributed by atoms with Crippen LogP contribution < -0.4 is 5.73 Å². The van der Waals surface area contributed by atoms with Crippen molar-refractivity contribution in [3.8, 4) is 0 Å². The Balaban J connectivity index is 2.13. The van der Waals surface area contributed by atoms with Crippen LogP contribution in [0.3, 0.4) is 0 Å². The van der Waals surface area contributed by atoms with E-state index in [0.29, 0.717) is 13.0 Å². The predicted molar refractivity (Wildman–Crippen MR) is 80.3 cm³/mol. The molecule has 0 aromatic heterocycles. The van der Waals surface area contributed by atoms with E-state index in [9.17, 15) is 8.42 Å². The maximum atomic E-state index is 12.5. The number of nitrogens with zero attached hydrogens (tertiary/aromatic N) is 1. The number of amidine groups is 1. The highest BCUT2D eigenvalue weighted by molar-refractivity contribution is 7.89. The van der Waals surface area contributed by atoms with E-state index >= 15 is 0 Å². The summed E-state index contributed by atoms with van der Waals surface area (Å²) < 4.78 is 26.4. The van der Waals surface area contributed by atoms with Gasteiger partial charge in [0.25, 0.3) is 0 Å². The highest BCUT2D eigenvalue weighted by Gasteiger charge is 2.36. The zero-order chi connectivity index (χ0) is 14.8. The van der Waals surface area contributed by atoms with E-state index in [4.69, 9.17) is 11.1 Å². The van der Waals surface area contributed by atoms with Gasteiger partial charge in [0.05, 0.1) is 11.8 Å². The maximum absolute atomic E-state index is 12.5. The van der Waals surface area contributed by atoms with Gasteiger partial charge in [-0.2, -0.15) is 4.31 Å². The van der Waals surface area contributed by atoms with Crippen molar-refractivity contribution in [1.29, 1.82) is 5.41 Å². The van der Waals surface area contributed by atoms with Crippen LogP contribution in [-0.4, -0.2) is 36.9 Å². The van der Waals surface area contributed by atoms with Crippen LogP contribution in [0.2, 0.25) is 0 Å². The number of rotatable bonds is 5. The smallest absolute Gasteiger partial charge is 0.215 e. The summed E-state index contributed by atoms with van der Waals surface area (Å²) in [5.41, 5.74) is 6.51. The molecule has 0 saturated carbocycles. The minimum absolute atomic E-state index is 0.0563. The molecule has 0 radical (unpaired) electrons. The van der Waals surface area contributed by atoms with Crippen molar-refractivity contribution < 1.29 is 8.42 Å². The fourth-order valence-corrected chi connectivity index (χ4v) is 4.70. The van der Waals surface area contributed by atoms with E-state index < -0.39 is 16.1 Å². The Morgan fingerprint density at radius 2 is 2.10 bits per heavy atom. The van der Waals surface area contributed by atoms with Crippen molar-refractivity contribution in [2.24, 2.45) is 5.73 Å². The molecule has 2 rings (SSSR count). The van der Waals surface area contributed by atoms with E-state index in [1.807, 2.05) is 37.3 Å². The van der Waals surface area contributed by atoms with Gasteiger partial charge in [-0.1, -0.05) is 37.3 Å². The van der Waals surface area contributed by atoms with E-state index in [-0.39, 0.29) is 17.5 Å². The summed E-state index contributed by atoms with van der Waals surface area (Å²) in [6.45, 7) is 2.37. The summed E-state index contributed by atoms with van der Waals surface area (Å²) in [7, 11) is -3.39. The first-order valence-electron chi connectivity index (χ1n) is 6.80. The first kappa shape index (κ1) is 15.0. The van der Waals surface area contributed by atoms with E-state index in [1.165, 1.54) is 4.31 Å². The normalized spacial score (nSPS) is 21.8. The van der Waals surface area contributed by atoms with Crippen LogP contribution in [0, 0.1) is 5.41 Å². The van der Waals surface area contributed by atoms with Gasteiger partial charge in [-0.05, 0) is 24.3 Å². The summed E-state index contributed by atoms with van der Waals surface area (Å²) in [5.74, 6) is -0.0753. The van der Waals surface area contributed by atoms with Gasteiger partial charge in [-0.15, -0.1) is 0 Å². The predicted octanol–water partition coefficient (Wildman–Crippen LogP) is 1.52. The Labute approximate surface area is 120 Å². The Bertz CT molecular complexity index is 571. The Kier molecular flexibility index (Phi) is 4.45. The topological polar surface area (TPSA) is 87.2 Å². The van der Waals surface area contributed by atoms with Gasteiger partial charge >= 0.3 is 0 Å². The first-order chi connectivity index (χ1) is 9.42. The number of benzene rings is 1. The third-order valence-corrected chi connectivity index (χ3v) is 5.82. The van der Waals surface area contributed by atoms with Gasteiger partial charge in [0.15, 0.2) is 0 Å². The molecular formula is C14H21N3O2S. The van der Waals surface area contributed by atoms with E-state index in [0.717, 1.165) is 12.0 Å². The largest absolute Gasteiger partial charge is 0.386 e. The average Bonchev–Trinajstić information content (AvgIpc) is 2.89. The van der Waals surface area contributed by atoms with Crippen LogP contribution in [0.15, 0.2) is 30.3 Å². The summed E-state index contributed by atoms with van der Waals surface area (Å²) in [5, 5.41) is 7.52. The molecule has 2 unspecified atom stereocenters. The number of nitrogens with two attached hydrogens (primary N) is 1. The highest BCUT2D eigenvalue weighted by Crippen LogP contribution is 2.25. The Morgan fingerprint density at radius 1 is 1.45 bits per heavy atom. The van der Waals surface area contributed by atoms with Gasteiger partial charge in [0.1, 0.15) is 5.84 Å². The molecule has 1 aromatic carbocycles. The quantitative estimate of drug-likeness (QED) is 0.638. The molecule has 1 aliphatic rings. The molecule has 0 amide bonds. The molecule has 0 bridgehead atoms. The second kappa shape index (κ2) is 5.93. The third-order valence-electron chi connectivity index (χ3n) is 3.75. The van der Waals surface area contributed by atoms with Crippen molar-refractivity contribution >= 4 is 15.9 Å². The molecule has 0 spiro atoms. The van der Waals surface area contributed by atoms with Gasteiger partial charge in [0, 0.05) is 6.54 Å². The zero-order valence-corrected chi connectivity index (χ0v) is 12.4. The molecule has 110 valence electrons. The van der Waals surface area contributed by atoms with E-state index in [1.54, 1.807) is 0 Å². The number of hydrogen-bond acceptors (Lipinski definition) is 3. The Hall–Kier alpha value is -1.40. The molecule has 20 heavy (non-hydrogen) atoms. The second-order valence-corrected chi connectivity index (χ2v) is 7.28. The molecular weight excluding hydrogens is 274 g/mol. The summed E-state index contributed by atoms with van der Waals surface area (Å²) >= 11 is 0. The summed E-state index contributed by atoms with van der Waals surface area (Å²) in [6.07, 6.45) is 1.41. The first-order valence-corrected chi connectivity index (χ1v) is 8.41. The number of nitrogens with one attached hydrogen (secondary N) is 1. The lowest BCUT2D eigenvalue weighted by Gasteiger charge is -2.24. The molecule has 1 saturated heterocycles. The fraction of sp³-hybridized carbons (Fsp3) is 0.500. The monoisotopic (exact) mass is 295 g/mol. The zero-order valence-electron chi connectivity index (χ0n) is 11.6. The highest BCUT2D eigenvalue weighted by atomic mass is 32.2. The van der Waals surface area contributed by atoms with Crippen LogP contribution in [0.5, 0.6) is 0 Å². The third kappa shape index (κ3) is 3.19. The van der Waals surface area contributed by atoms with Crippen molar-refractivity contribution in [3.63, 3.8) is 0 Å². The lowest BCUT2D eigenvalue weighted by Crippen LogP contribution is -2.44. The Morgan fingerprint density at radius 3 is 2.70 bits per heavy atom. The van der Waals surface area contributed by atoms with Crippen molar-refractivity contribution in [1.82, 2.24) is 4.31 Å².